The smallest absolute Gasteiger partial charge is 0.481 e. The first-order valence-corrected chi connectivity index (χ1v) is 2.84. The summed E-state index contributed by atoms with van der Waals surface area (Å²) in [5, 5.41) is 8.16. The van der Waals surface area contributed by atoms with Crippen molar-refractivity contribution in [3.8, 4) is 0 Å². The second-order valence-electron chi connectivity index (χ2n) is 1.93. The first kappa shape index (κ1) is 12.4. The van der Waals surface area contributed by atoms with E-state index >= 15 is 0 Å². The van der Waals surface area contributed by atoms with E-state index in [2.05, 4.69) is 0 Å². The summed E-state index contributed by atoms with van der Waals surface area (Å²) in [5.74, 6) is -0.820. The van der Waals surface area contributed by atoms with Gasteiger partial charge in [-0.15, -0.1) is 12.4 Å². The molecule has 1 unspecified atom stereocenters. The van der Waals surface area contributed by atoms with Crippen molar-refractivity contribution in [1.82, 2.24) is 0 Å². The molecule has 0 fully saturated rings. The Kier molecular flexibility index (Phi) is 8.40. The van der Waals surface area contributed by atoms with Crippen molar-refractivity contribution in [2.45, 2.75) is 18.9 Å². The fourth-order valence-corrected chi connectivity index (χ4v) is 0.427. The second kappa shape index (κ2) is 6.80. The Bertz CT molecular complexity index is 107. The van der Waals surface area contributed by atoms with Gasteiger partial charge in [0.2, 0.25) is 0 Å². The highest BCUT2D eigenvalue weighted by atomic mass is 35.5. The molecule has 0 radical (unpaired) electrons. The van der Waals surface area contributed by atoms with Gasteiger partial charge in [-0.2, -0.15) is 0 Å². The zero-order valence-corrected chi connectivity index (χ0v) is 6.43. The second-order valence-corrected chi connectivity index (χ2v) is 1.93. The number of nitrogens with two attached hydrogens (primary N) is 2. The molecule has 0 bridgehead atoms. The van der Waals surface area contributed by atoms with Gasteiger partial charge in [0.1, 0.15) is 0 Å². The third kappa shape index (κ3) is 7.68. The lowest BCUT2D eigenvalue weighted by Gasteiger charge is -2.03. The topological polar surface area (TPSA) is 89.3 Å². The van der Waals surface area contributed by atoms with Crippen LogP contribution in [0.5, 0.6) is 0 Å². The molecular formula is C5H15ClN2O2+2. The molecule has 5 heteroatoms. The van der Waals surface area contributed by atoms with E-state index in [1.165, 1.54) is 0 Å². The molecule has 10 heavy (non-hydrogen) atoms. The van der Waals surface area contributed by atoms with Gasteiger partial charge in [-0.25, -0.2) is 0 Å². The van der Waals surface area contributed by atoms with Gasteiger partial charge in [-0.3, -0.25) is 4.79 Å². The molecule has 0 aromatic rings. The largest absolute Gasteiger partial charge is 1.00 e. The van der Waals surface area contributed by atoms with Gasteiger partial charge in [0.15, 0.2) is 0 Å². The van der Waals surface area contributed by atoms with Crippen LogP contribution in [0.3, 0.4) is 0 Å². The maximum Gasteiger partial charge on any atom is 1.00 e. The molecule has 1 atom stereocenters. The van der Waals surface area contributed by atoms with Crippen LogP contribution in [0.25, 0.3) is 0 Å². The molecule has 0 aromatic carbocycles. The Morgan fingerprint density at radius 3 is 2.50 bits per heavy atom. The zero-order valence-electron chi connectivity index (χ0n) is 7.62. The molecule has 0 aliphatic rings. The number of carboxylic acid groups (broad SMARTS) is 1. The summed E-state index contributed by atoms with van der Waals surface area (Å²) in [6.45, 7) is 0.354. The van der Waals surface area contributed by atoms with Crippen molar-refractivity contribution in [3.63, 3.8) is 0 Å². The number of hydrogen-bond donors (Lipinski definition) is 3. The highest BCUT2D eigenvalue weighted by Crippen LogP contribution is 1.91. The van der Waals surface area contributed by atoms with Crippen LogP contribution in [0.1, 0.15) is 15.7 Å². The van der Waals surface area contributed by atoms with E-state index in [4.69, 9.17) is 16.6 Å². The Balaban J connectivity index is -0.000000107. The molecule has 0 aliphatic heterocycles. The van der Waals surface area contributed by atoms with E-state index in [-0.39, 0.29) is 27.7 Å². The molecule has 5 N–H and O–H groups in total. The predicted octanol–water partition coefficient (Wildman–Crippen LogP) is -0.216. The number of carboxylic acids is 1. The third-order valence-corrected chi connectivity index (χ3v) is 1.03. The summed E-state index contributed by atoms with van der Waals surface area (Å²) in [6, 6.07) is -0.166. The highest BCUT2D eigenvalue weighted by Gasteiger charge is 2.01. The quantitative estimate of drug-likeness (QED) is 0.545. The number of halogens is 1. The van der Waals surface area contributed by atoms with Crippen LogP contribution < -0.4 is 11.5 Å². The van der Waals surface area contributed by atoms with Gasteiger partial charge in [0.05, 0.1) is 0 Å². The van der Waals surface area contributed by atoms with Gasteiger partial charge in [0, 0.05) is 19.0 Å². The lowest BCUT2D eigenvalue weighted by Crippen LogP contribution is -2.30. The molecule has 0 saturated carbocycles. The van der Waals surface area contributed by atoms with Crippen LogP contribution in [-0.4, -0.2) is 23.7 Å². The summed E-state index contributed by atoms with van der Waals surface area (Å²) < 4.78 is 0. The lowest BCUT2D eigenvalue weighted by molar-refractivity contribution is -0.137. The monoisotopic (exact) mass is 170 g/mol. The SMILES string of the molecule is Cl.NCC(N)CCC(=O)O.[H+].[H+]. The van der Waals surface area contributed by atoms with Crippen LogP contribution in [-0.2, 0) is 4.79 Å². The summed E-state index contributed by atoms with van der Waals surface area (Å²) in [7, 11) is 0. The molecule has 4 nitrogen and oxygen atoms in total. The summed E-state index contributed by atoms with van der Waals surface area (Å²) in [4.78, 5) is 9.92. The first-order valence-electron chi connectivity index (χ1n) is 2.84. The standard InChI is InChI=1S/C5H12N2O2.ClH/c6-3-4(7)1-2-5(8)9;/h4H,1-3,6-7H2,(H,8,9);1H/p+2. The van der Waals surface area contributed by atoms with E-state index in [1.807, 2.05) is 0 Å². The Morgan fingerprint density at radius 2 is 2.20 bits per heavy atom. The van der Waals surface area contributed by atoms with Crippen LogP contribution in [0.4, 0.5) is 0 Å². The molecule has 0 rings (SSSR count). The van der Waals surface area contributed by atoms with E-state index in [1.54, 1.807) is 0 Å². The molecule has 0 aliphatic carbocycles. The summed E-state index contributed by atoms with van der Waals surface area (Å²) in [6.07, 6.45) is 0.574. The third-order valence-electron chi connectivity index (χ3n) is 1.03. The first-order chi connectivity index (χ1) is 4.16. The average Bonchev–Trinajstić information content (AvgIpc) is 1.83. The summed E-state index contributed by atoms with van der Waals surface area (Å²) in [5.41, 5.74) is 10.5. The number of hydrogen-bond acceptors (Lipinski definition) is 3. The van der Waals surface area contributed by atoms with Crippen LogP contribution in [0.15, 0.2) is 0 Å². The van der Waals surface area contributed by atoms with Gasteiger partial charge in [-0.1, -0.05) is 0 Å². The molecule has 0 aromatic heterocycles. The molecule has 0 spiro atoms. The average molecular weight is 171 g/mol. The van der Waals surface area contributed by atoms with Crippen LogP contribution in [0.2, 0.25) is 0 Å². The van der Waals surface area contributed by atoms with Crippen molar-refractivity contribution in [2.24, 2.45) is 11.5 Å². The van der Waals surface area contributed by atoms with E-state index < -0.39 is 5.97 Å². The minimum atomic E-state index is -0.820. The van der Waals surface area contributed by atoms with Gasteiger partial charge in [0.25, 0.3) is 0 Å². The van der Waals surface area contributed by atoms with Gasteiger partial charge < -0.3 is 16.6 Å². The lowest BCUT2D eigenvalue weighted by atomic mass is 10.2. The zero-order chi connectivity index (χ0) is 7.28. The van der Waals surface area contributed by atoms with Crippen molar-refractivity contribution in [1.29, 1.82) is 0 Å². The number of carbonyl (C=O) groups is 1. The molecular weight excluding hydrogens is 156 g/mol. The van der Waals surface area contributed by atoms with E-state index in [9.17, 15) is 4.79 Å². The Morgan fingerprint density at radius 1 is 1.70 bits per heavy atom. The van der Waals surface area contributed by atoms with Crippen molar-refractivity contribution >= 4 is 18.4 Å². The Labute approximate surface area is 69.0 Å². The minimum Gasteiger partial charge on any atom is -0.481 e. The number of aliphatic carboxylic acids is 1. The predicted molar refractivity (Wildman–Crippen MR) is 43.4 cm³/mol. The van der Waals surface area contributed by atoms with Gasteiger partial charge >= 0.3 is 8.82 Å². The van der Waals surface area contributed by atoms with Gasteiger partial charge in [-0.05, 0) is 6.42 Å². The normalized spacial score (nSPS) is 11.8. The molecule has 0 amide bonds. The number of rotatable bonds is 4. The fourth-order valence-electron chi connectivity index (χ4n) is 0.427. The van der Waals surface area contributed by atoms with E-state index in [0.717, 1.165) is 0 Å². The van der Waals surface area contributed by atoms with Crippen molar-refractivity contribution in [2.75, 3.05) is 6.54 Å². The minimum absolute atomic E-state index is 0. The van der Waals surface area contributed by atoms with Crippen LogP contribution >= 0.6 is 12.4 Å². The Hall–Kier alpha value is -0.320. The molecule has 0 heterocycles. The maximum absolute atomic E-state index is 9.92. The molecule has 62 valence electrons. The maximum atomic E-state index is 9.92. The summed E-state index contributed by atoms with van der Waals surface area (Å²) >= 11 is 0. The van der Waals surface area contributed by atoms with Crippen molar-refractivity contribution < 1.29 is 12.8 Å². The fraction of sp³-hybridized carbons (Fsp3) is 0.800. The van der Waals surface area contributed by atoms with Crippen molar-refractivity contribution in [3.05, 3.63) is 0 Å². The van der Waals surface area contributed by atoms with Crippen LogP contribution in [0, 0.1) is 0 Å². The van der Waals surface area contributed by atoms with E-state index in [0.29, 0.717) is 13.0 Å². The highest BCUT2D eigenvalue weighted by molar-refractivity contribution is 5.85. The molecule has 0 saturated heterocycles.